The Hall–Kier alpha value is -0.890. The van der Waals surface area contributed by atoms with Crippen molar-refractivity contribution < 1.29 is 0 Å². The molecule has 0 aliphatic heterocycles. The van der Waals surface area contributed by atoms with Crippen molar-refractivity contribution in [2.75, 3.05) is 24.2 Å². The van der Waals surface area contributed by atoms with Gasteiger partial charge in [0.25, 0.3) is 0 Å². The summed E-state index contributed by atoms with van der Waals surface area (Å²) in [5, 5.41) is 0.750. The molecule has 2 rings (SSSR count). The first-order valence-corrected chi connectivity index (χ1v) is 6.31. The molecule has 2 N–H and O–H groups in total. The van der Waals surface area contributed by atoms with E-state index in [0.717, 1.165) is 28.9 Å². The Labute approximate surface area is 102 Å². The molecule has 0 aromatic heterocycles. The third kappa shape index (κ3) is 2.43. The van der Waals surface area contributed by atoms with Crippen molar-refractivity contribution >= 4 is 23.0 Å². The van der Waals surface area contributed by atoms with Crippen LogP contribution in [0.5, 0.6) is 0 Å². The third-order valence-corrected chi connectivity index (χ3v) is 3.71. The molecule has 1 aromatic carbocycles. The number of benzene rings is 1. The van der Waals surface area contributed by atoms with Gasteiger partial charge < -0.3 is 10.6 Å². The number of para-hydroxylation sites is 1. The Morgan fingerprint density at radius 2 is 2.06 bits per heavy atom. The standard InChI is InChI=1S/C13H19ClN2/c1-16(9-10-5-2-3-6-10)13-11(14)7-4-8-12(13)15/h4,7-8,10H,2-3,5-6,9,15H2,1H3. The van der Waals surface area contributed by atoms with Crippen LogP contribution >= 0.6 is 11.6 Å². The van der Waals surface area contributed by atoms with Crippen LogP contribution in [0, 0.1) is 5.92 Å². The van der Waals surface area contributed by atoms with Crippen LogP contribution in [0.15, 0.2) is 18.2 Å². The smallest absolute Gasteiger partial charge is 0.0786 e. The fraction of sp³-hybridized carbons (Fsp3) is 0.538. The van der Waals surface area contributed by atoms with Crippen LogP contribution in [0.25, 0.3) is 0 Å². The van der Waals surface area contributed by atoms with Crippen LogP contribution in [0.1, 0.15) is 25.7 Å². The summed E-state index contributed by atoms with van der Waals surface area (Å²) in [7, 11) is 2.08. The molecule has 0 spiro atoms. The summed E-state index contributed by atoms with van der Waals surface area (Å²) in [4.78, 5) is 2.20. The van der Waals surface area contributed by atoms with E-state index < -0.39 is 0 Å². The minimum absolute atomic E-state index is 0.750. The molecule has 3 heteroatoms. The minimum Gasteiger partial charge on any atom is -0.397 e. The van der Waals surface area contributed by atoms with Crippen LogP contribution in [0.2, 0.25) is 5.02 Å². The molecule has 88 valence electrons. The van der Waals surface area contributed by atoms with Gasteiger partial charge in [-0.3, -0.25) is 0 Å². The zero-order valence-corrected chi connectivity index (χ0v) is 10.5. The Balaban J connectivity index is 2.10. The maximum atomic E-state index is 6.19. The fourth-order valence-corrected chi connectivity index (χ4v) is 2.93. The monoisotopic (exact) mass is 238 g/mol. The normalized spacial score (nSPS) is 16.6. The van der Waals surface area contributed by atoms with E-state index in [-0.39, 0.29) is 0 Å². The number of rotatable bonds is 3. The molecule has 0 amide bonds. The molecule has 0 bridgehead atoms. The maximum absolute atomic E-state index is 6.19. The van der Waals surface area contributed by atoms with E-state index in [2.05, 4.69) is 11.9 Å². The highest BCUT2D eigenvalue weighted by atomic mass is 35.5. The molecule has 1 fully saturated rings. The van der Waals surface area contributed by atoms with Gasteiger partial charge in [0.05, 0.1) is 16.4 Å². The average Bonchev–Trinajstić information content (AvgIpc) is 2.70. The zero-order chi connectivity index (χ0) is 11.5. The van der Waals surface area contributed by atoms with E-state index in [1.807, 2.05) is 18.2 Å². The molecule has 1 saturated carbocycles. The van der Waals surface area contributed by atoms with E-state index in [9.17, 15) is 0 Å². The van der Waals surface area contributed by atoms with E-state index in [1.54, 1.807) is 0 Å². The zero-order valence-electron chi connectivity index (χ0n) is 9.75. The Kier molecular flexibility index (Phi) is 3.59. The van der Waals surface area contributed by atoms with Gasteiger partial charge >= 0.3 is 0 Å². The predicted molar refractivity (Wildman–Crippen MR) is 71.1 cm³/mol. The predicted octanol–water partition coefficient (Wildman–Crippen LogP) is 3.55. The van der Waals surface area contributed by atoms with Gasteiger partial charge in [0.2, 0.25) is 0 Å². The third-order valence-electron chi connectivity index (χ3n) is 3.41. The molecule has 2 nitrogen and oxygen atoms in total. The molecule has 0 atom stereocenters. The first-order chi connectivity index (χ1) is 7.68. The maximum Gasteiger partial charge on any atom is 0.0786 e. The number of nitrogen functional groups attached to an aromatic ring is 1. The summed E-state index contributed by atoms with van der Waals surface area (Å²) in [5.74, 6) is 0.806. The minimum atomic E-state index is 0.750. The highest BCUT2D eigenvalue weighted by Gasteiger charge is 2.18. The SMILES string of the molecule is CN(CC1CCCC1)c1c(N)cccc1Cl. The summed E-state index contributed by atoms with van der Waals surface area (Å²) < 4.78 is 0. The molecule has 1 aliphatic carbocycles. The van der Waals surface area contributed by atoms with Crippen molar-refractivity contribution in [3.63, 3.8) is 0 Å². The Morgan fingerprint density at radius 3 is 2.69 bits per heavy atom. The fourth-order valence-electron chi connectivity index (χ4n) is 2.61. The Bertz CT molecular complexity index is 339. The number of anilines is 2. The molecular formula is C13H19ClN2. The lowest BCUT2D eigenvalue weighted by molar-refractivity contribution is 0.547. The van der Waals surface area contributed by atoms with E-state index in [4.69, 9.17) is 17.3 Å². The molecule has 0 saturated heterocycles. The van der Waals surface area contributed by atoms with E-state index in [1.165, 1.54) is 25.7 Å². The van der Waals surface area contributed by atoms with Crippen LogP contribution in [0.4, 0.5) is 11.4 Å². The number of hydrogen-bond acceptors (Lipinski definition) is 2. The summed E-state index contributed by atoms with van der Waals surface area (Å²) in [6, 6.07) is 5.70. The molecule has 16 heavy (non-hydrogen) atoms. The topological polar surface area (TPSA) is 29.3 Å². The lowest BCUT2D eigenvalue weighted by Crippen LogP contribution is -2.25. The van der Waals surface area contributed by atoms with Gasteiger partial charge in [0.1, 0.15) is 0 Å². The van der Waals surface area contributed by atoms with Crippen LogP contribution in [0.3, 0.4) is 0 Å². The van der Waals surface area contributed by atoms with Gasteiger partial charge in [0, 0.05) is 13.6 Å². The van der Waals surface area contributed by atoms with Gasteiger partial charge in [-0.15, -0.1) is 0 Å². The number of hydrogen-bond donors (Lipinski definition) is 1. The summed E-state index contributed by atoms with van der Waals surface area (Å²) >= 11 is 6.19. The summed E-state index contributed by atoms with van der Waals surface area (Å²) in [5.41, 5.74) is 7.72. The lowest BCUT2D eigenvalue weighted by atomic mass is 10.1. The first-order valence-electron chi connectivity index (χ1n) is 5.93. The van der Waals surface area contributed by atoms with Gasteiger partial charge in [-0.25, -0.2) is 0 Å². The lowest BCUT2D eigenvalue weighted by Gasteiger charge is -2.25. The van der Waals surface area contributed by atoms with Gasteiger partial charge in [0.15, 0.2) is 0 Å². The first kappa shape index (κ1) is 11.6. The van der Waals surface area contributed by atoms with Crippen molar-refractivity contribution in [2.45, 2.75) is 25.7 Å². The van der Waals surface area contributed by atoms with E-state index in [0.29, 0.717) is 0 Å². The molecule has 0 unspecified atom stereocenters. The molecule has 1 aromatic rings. The summed E-state index contributed by atoms with van der Waals surface area (Å²) in [6.45, 7) is 1.06. The quantitative estimate of drug-likeness (QED) is 0.816. The second-order valence-electron chi connectivity index (χ2n) is 4.71. The number of halogens is 1. The van der Waals surface area contributed by atoms with Gasteiger partial charge in [-0.2, -0.15) is 0 Å². The van der Waals surface area contributed by atoms with Crippen molar-refractivity contribution in [3.05, 3.63) is 23.2 Å². The second kappa shape index (κ2) is 4.96. The Morgan fingerprint density at radius 1 is 1.38 bits per heavy atom. The highest BCUT2D eigenvalue weighted by Crippen LogP contribution is 2.33. The highest BCUT2D eigenvalue weighted by molar-refractivity contribution is 6.33. The van der Waals surface area contributed by atoms with Crippen LogP contribution < -0.4 is 10.6 Å². The van der Waals surface area contributed by atoms with Crippen molar-refractivity contribution in [3.8, 4) is 0 Å². The van der Waals surface area contributed by atoms with Crippen molar-refractivity contribution in [2.24, 2.45) is 5.92 Å². The van der Waals surface area contributed by atoms with Gasteiger partial charge in [-0.1, -0.05) is 30.5 Å². The number of nitrogens with two attached hydrogens (primary N) is 1. The van der Waals surface area contributed by atoms with Crippen LogP contribution in [-0.4, -0.2) is 13.6 Å². The number of nitrogens with zero attached hydrogens (tertiary/aromatic N) is 1. The molecule has 0 heterocycles. The molecular weight excluding hydrogens is 220 g/mol. The van der Waals surface area contributed by atoms with Gasteiger partial charge in [-0.05, 0) is 30.9 Å². The largest absolute Gasteiger partial charge is 0.397 e. The molecule has 1 aliphatic rings. The molecule has 0 radical (unpaired) electrons. The second-order valence-corrected chi connectivity index (χ2v) is 5.12. The van der Waals surface area contributed by atoms with Crippen LogP contribution in [-0.2, 0) is 0 Å². The van der Waals surface area contributed by atoms with E-state index >= 15 is 0 Å². The summed E-state index contributed by atoms with van der Waals surface area (Å²) in [6.07, 6.45) is 5.43. The van der Waals surface area contributed by atoms with Crippen molar-refractivity contribution in [1.82, 2.24) is 0 Å². The average molecular weight is 239 g/mol. The van der Waals surface area contributed by atoms with Crippen molar-refractivity contribution in [1.29, 1.82) is 0 Å².